The summed E-state index contributed by atoms with van der Waals surface area (Å²) in [6.45, 7) is 3.18. The fourth-order valence-electron chi connectivity index (χ4n) is 2.87. The van der Waals surface area contributed by atoms with Crippen molar-refractivity contribution in [3.05, 3.63) is 48.0 Å². The topological polar surface area (TPSA) is 58.2 Å². The van der Waals surface area contributed by atoms with Gasteiger partial charge in [0.2, 0.25) is 5.91 Å². The van der Waals surface area contributed by atoms with Crippen LogP contribution in [0.2, 0.25) is 0 Å². The SMILES string of the molecule is Cc1cnc([C@H]2CCCN2C(=O)CCOc2ccccc2)[nH]1. The first-order valence-electron chi connectivity index (χ1n) is 7.73. The number of aryl methyl sites for hydroxylation is 1. The Hall–Kier alpha value is -2.30. The number of H-pyrrole nitrogens is 1. The molecule has 1 amide bonds. The monoisotopic (exact) mass is 299 g/mol. The number of likely N-dealkylation sites (tertiary alicyclic amines) is 1. The van der Waals surface area contributed by atoms with Gasteiger partial charge in [0.05, 0.1) is 19.1 Å². The number of ether oxygens (including phenoxy) is 1. The van der Waals surface area contributed by atoms with Crippen molar-refractivity contribution in [2.24, 2.45) is 0 Å². The summed E-state index contributed by atoms with van der Waals surface area (Å²) in [5, 5.41) is 0. The molecule has 0 aliphatic carbocycles. The van der Waals surface area contributed by atoms with Crippen LogP contribution in [0.3, 0.4) is 0 Å². The Kier molecular flexibility index (Phi) is 4.42. The van der Waals surface area contributed by atoms with Gasteiger partial charge in [0.15, 0.2) is 0 Å². The first kappa shape index (κ1) is 14.6. The minimum atomic E-state index is 0.0814. The molecule has 0 unspecified atom stereocenters. The number of imidazole rings is 1. The molecule has 2 heterocycles. The number of aromatic nitrogens is 2. The van der Waals surface area contributed by atoms with Crippen LogP contribution >= 0.6 is 0 Å². The van der Waals surface area contributed by atoms with Gasteiger partial charge in [-0.1, -0.05) is 18.2 Å². The molecule has 3 rings (SSSR count). The number of rotatable bonds is 5. The highest BCUT2D eigenvalue weighted by atomic mass is 16.5. The maximum absolute atomic E-state index is 12.4. The molecule has 0 spiro atoms. The van der Waals surface area contributed by atoms with E-state index in [1.54, 1.807) is 0 Å². The third-order valence-corrected chi connectivity index (χ3v) is 3.94. The summed E-state index contributed by atoms with van der Waals surface area (Å²) in [5.74, 6) is 1.83. The molecule has 0 bridgehead atoms. The third kappa shape index (κ3) is 3.30. The summed E-state index contributed by atoms with van der Waals surface area (Å²) < 4.78 is 5.61. The van der Waals surface area contributed by atoms with Gasteiger partial charge in [-0.25, -0.2) is 4.98 Å². The summed E-state index contributed by atoms with van der Waals surface area (Å²) in [4.78, 5) is 22.0. The Morgan fingerprint density at radius 1 is 1.41 bits per heavy atom. The number of amides is 1. The summed E-state index contributed by atoms with van der Waals surface area (Å²) in [6.07, 6.45) is 4.20. The second-order valence-electron chi connectivity index (χ2n) is 5.61. The predicted octanol–water partition coefficient (Wildman–Crippen LogP) is 2.85. The third-order valence-electron chi connectivity index (χ3n) is 3.94. The number of carbonyl (C=O) groups excluding carboxylic acids is 1. The fourth-order valence-corrected chi connectivity index (χ4v) is 2.87. The van der Waals surface area contributed by atoms with E-state index in [2.05, 4.69) is 9.97 Å². The van der Waals surface area contributed by atoms with E-state index in [1.807, 2.05) is 48.4 Å². The first-order chi connectivity index (χ1) is 10.7. The second-order valence-corrected chi connectivity index (χ2v) is 5.61. The molecule has 2 aromatic rings. The van der Waals surface area contributed by atoms with Gasteiger partial charge in [0, 0.05) is 18.4 Å². The van der Waals surface area contributed by atoms with E-state index >= 15 is 0 Å². The van der Waals surface area contributed by atoms with E-state index < -0.39 is 0 Å². The molecule has 0 saturated carbocycles. The van der Waals surface area contributed by atoms with Gasteiger partial charge in [-0.05, 0) is 31.9 Å². The van der Waals surface area contributed by atoms with Crippen LogP contribution in [0.1, 0.15) is 36.8 Å². The van der Waals surface area contributed by atoms with Crippen LogP contribution < -0.4 is 4.74 Å². The summed E-state index contributed by atoms with van der Waals surface area (Å²) in [7, 11) is 0. The number of hydrogen-bond donors (Lipinski definition) is 1. The van der Waals surface area contributed by atoms with E-state index in [0.29, 0.717) is 13.0 Å². The smallest absolute Gasteiger partial charge is 0.226 e. The van der Waals surface area contributed by atoms with Crippen LogP contribution in [0.15, 0.2) is 36.5 Å². The molecule has 116 valence electrons. The van der Waals surface area contributed by atoms with Crippen LogP contribution in [0.25, 0.3) is 0 Å². The lowest BCUT2D eigenvalue weighted by atomic mass is 10.2. The Bertz CT molecular complexity index is 624. The van der Waals surface area contributed by atoms with Crippen molar-refractivity contribution in [2.45, 2.75) is 32.2 Å². The van der Waals surface area contributed by atoms with E-state index in [0.717, 1.165) is 36.7 Å². The Morgan fingerprint density at radius 2 is 2.23 bits per heavy atom. The average Bonchev–Trinajstić information content (AvgIpc) is 3.16. The molecular formula is C17H21N3O2. The van der Waals surface area contributed by atoms with Gasteiger partial charge in [-0.15, -0.1) is 0 Å². The van der Waals surface area contributed by atoms with Crippen LogP contribution in [-0.2, 0) is 4.79 Å². The number of benzene rings is 1. The number of nitrogens with zero attached hydrogens (tertiary/aromatic N) is 2. The maximum Gasteiger partial charge on any atom is 0.226 e. The molecule has 1 aliphatic heterocycles. The van der Waals surface area contributed by atoms with E-state index in [1.165, 1.54) is 0 Å². The van der Waals surface area contributed by atoms with E-state index in [-0.39, 0.29) is 11.9 Å². The van der Waals surface area contributed by atoms with Crippen molar-refractivity contribution in [1.82, 2.24) is 14.9 Å². The normalized spacial score (nSPS) is 17.7. The zero-order chi connectivity index (χ0) is 15.4. The van der Waals surface area contributed by atoms with Crippen molar-refractivity contribution >= 4 is 5.91 Å². The van der Waals surface area contributed by atoms with Crippen LogP contribution in [0.4, 0.5) is 0 Å². The molecule has 1 N–H and O–H groups in total. The standard InChI is InChI=1S/C17H21N3O2/c1-13-12-18-17(19-13)15-8-5-10-20(15)16(21)9-11-22-14-6-3-2-4-7-14/h2-4,6-7,12,15H,5,8-11H2,1H3,(H,18,19)/t15-/m1/s1. The lowest BCUT2D eigenvalue weighted by Gasteiger charge is -2.23. The molecule has 0 radical (unpaired) electrons. The molecule has 1 saturated heterocycles. The molecule has 1 atom stereocenters. The highest BCUT2D eigenvalue weighted by Gasteiger charge is 2.31. The van der Waals surface area contributed by atoms with Crippen LogP contribution in [0.5, 0.6) is 5.75 Å². The average molecular weight is 299 g/mol. The molecule has 5 heteroatoms. The van der Waals surface area contributed by atoms with Crippen molar-refractivity contribution in [1.29, 1.82) is 0 Å². The zero-order valence-corrected chi connectivity index (χ0v) is 12.8. The molecule has 5 nitrogen and oxygen atoms in total. The number of nitrogens with one attached hydrogen (secondary N) is 1. The van der Waals surface area contributed by atoms with Crippen LogP contribution in [0, 0.1) is 6.92 Å². The highest BCUT2D eigenvalue weighted by molar-refractivity contribution is 5.77. The van der Waals surface area contributed by atoms with Crippen molar-refractivity contribution in [3.63, 3.8) is 0 Å². The Labute approximate surface area is 130 Å². The van der Waals surface area contributed by atoms with Crippen molar-refractivity contribution in [2.75, 3.05) is 13.2 Å². The zero-order valence-electron chi connectivity index (χ0n) is 12.8. The van der Waals surface area contributed by atoms with E-state index in [4.69, 9.17) is 4.74 Å². The number of hydrogen-bond acceptors (Lipinski definition) is 3. The lowest BCUT2D eigenvalue weighted by molar-refractivity contribution is -0.132. The molecule has 1 aliphatic rings. The van der Waals surface area contributed by atoms with Crippen LogP contribution in [-0.4, -0.2) is 33.9 Å². The van der Waals surface area contributed by atoms with Gasteiger partial charge < -0.3 is 14.6 Å². The number of carbonyl (C=O) groups is 1. The van der Waals surface area contributed by atoms with Gasteiger partial charge in [-0.2, -0.15) is 0 Å². The minimum absolute atomic E-state index is 0.0814. The largest absolute Gasteiger partial charge is 0.493 e. The van der Waals surface area contributed by atoms with Gasteiger partial charge in [0.25, 0.3) is 0 Å². The van der Waals surface area contributed by atoms with Crippen molar-refractivity contribution in [3.8, 4) is 5.75 Å². The van der Waals surface area contributed by atoms with E-state index in [9.17, 15) is 4.79 Å². The minimum Gasteiger partial charge on any atom is -0.493 e. The Morgan fingerprint density at radius 3 is 2.95 bits per heavy atom. The number of aromatic amines is 1. The number of para-hydroxylation sites is 1. The maximum atomic E-state index is 12.4. The quantitative estimate of drug-likeness (QED) is 0.923. The van der Waals surface area contributed by atoms with Gasteiger partial charge >= 0.3 is 0 Å². The molecule has 22 heavy (non-hydrogen) atoms. The molecule has 1 aromatic heterocycles. The lowest BCUT2D eigenvalue weighted by Crippen LogP contribution is -2.32. The first-order valence-corrected chi connectivity index (χ1v) is 7.73. The molecular weight excluding hydrogens is 278 g/mol. The van der Waals surface area contributed by atoms with Crippen molar-refractivity contribution < 1.29 is 9.53 Å². The summed E-state index contributed by atoms with van der Waals surface area (Å²) >= 11 is 0. The molecule has 1 aromatic carbocycles. The van der Waals surface area contributed by atoms with Gasteiger partial charge in [-0.3, -0.25) is 4.79 Å². The highest BCUT2D eigenvalue weighted by Crippen LogP contribution is 2.30. The fraction of sp³-hybridized carbons (Fsp3) is 0.412. The summed E-state index contributed by atoms with van der Waals surface area (Å²) in [6, 6.07) is 9.67. The second kappa shape index (κ2) is 6.64. The summed E-state index contributed by atoms with van der Waals surface area (Å²) in [5.41, 5.74) is 1.03. The van der Waals surface area contributed by atoms with Gasteiger partial charge in [0.1, 0.15) is 11.6 Å². The Balaban J connectivity index is 1.55. The molecule has 1 fully saturated rings. The predicted molar refractivity (Wildman–Crippen MR) is 83.6 cm³/mol.